The monoisotopic (exact) mass is 486 g/mol. The summed E-state index contributed by atoms with van der Waals surface area (Å²) in [6.45, 7) is 5.58. The molecule has 0 spiro atoms. The summed E-state index contributed by atoms with van der Waals surface area (Å²) < 4.78 is 39.5. The van der Waals surface area contributed by atoms with Gasteiger partial charge in [-0.25, -0.2) is 4.98 Å². The van der Waals surface area contributed by atoms with E-state index in [-0.39, 0.29) is 11.0 Å². The van der Waals surface area contributed by atoms with E-state index in [1.807, 2.05) is 13.8 Å². The molecule has 0 saturated carbocycles. The first-order chi connectivity index (χ1) is 15.7. The number of hydrogen-bond donors (Lipinski definition) is 1. The number of morpholine rings is 1. The first-order valence-electron chi connectivity index (χ1n) is 10.6. The fourth-order valence-corrected chi connectivity index (χ4v) is 5.72. The van der Waals surface area contributed by atoms with Crippen LogP contribution in [0.25, 0.3) is 22.4 Å². The van der Waals surface area contributed by atoms with Crippen LogP contribution in [0.15, 0.2) is 64.2 Å². The zero-order valence-electron chi connectivity index (χ0n) is 18.2. The van der Waals surface area contributed by atoms with E-state index >= 15 is 0 Å². The summed E-state index contributed by atoms with van der Waals surface area (Å²) in [5.74, 6) is 1.01. The summed E-state index contributed by atoms with van der Waals surface area (Å²) in [5, 5.41) is 8.46. The van der Waals surface area contributed by atoms with Crippen molar-refractivity contribution in [2.45, 2.75) is 36.9 Å². The van der Waals surface area contributed by atoms with Crippen molar-refractivity contribution in [2.75, 3.05) is 13.1 Å². The maximum atomic E-state index is 13.2. The lowest BCUT2D eigenvalue weighted by Crippen LogP contribution is -2.52. The topological polar surface area (TPSA) is 99.2 Å². The van der Waals surface area contributed by atoms with E-state index < -0.39 is 15.6 Å². The summed E-state index contributed by atoms with van der Waals surface area (Å²) in [7, 11) is -3.89. The quantitative estimate of drug-likeness (QED) is 0.456. The number of fused-ring (bicyclic) bond motifs is 1. The highest BCUT2D eigenvalue weighted by molar-refractivity contribution is 7.90. The van der Waals surface area contributed by atoms with Crippen molar-refractivity contribution in [3.8, 4) is 11.5 Å². The molecule has 2 atom stereocenters. The van der Waals surface area contributed by atoms with E-state index in [4.69, 9.17) is 20.8 Å². The van der Waals surface area contributed by atoms with E-state index in [2.05, 4.69) is 15.4 Å². The average molecular weight is 487 g/mol. The Hall–Kier alpha value is -2.72. The fourth-order valence-electron chi connectivity index (χ4n) is 4.23. The largest absolute Gasteiger partial charge is 0.441 e. The van der Waals surface area contributed by atoms with Gasteiger partial charge in [-0.2, -0.15) is 17.6 Å². The van der Waals surface area contributed by atoms with Crippen molar-refractivity contribution in [3.63, 3.8) is 0 Å². The van der Waals surface area contributed by atoms with Gasteiger partial charge >= 0.3 is 0 Å². The third-order valence-corrected chi connectivity index (χ3v) is 7.47. The van der Waals surface area contributed by atoms with Gasteiger partial charge in [0.2, 0.25) is 5.89 Å². The predicted molar refractivity (Wildman–Crippen MR) is 125 cm³/mol. The summed E-state index contributed by atoms with van der Waals surface area (Å²) >= 11 is 6.37. The minimum atomic E-state index is -3.89. The number of oxazole rings is 1. The minimum Gasteiger partial charge on any atom is -0.441 e. The molecule has 10 heteroatoms. The molecule has 2 aromatic carbocycles. The molecule has 0 bridgehead atoms. The zero-order valence-corrected chi connectivity index (χ0v) is 19.7. The van der Waals surface area contributed by atoms with Gasteiger partial charge in [-0.1, -0.05) is 29.8 Å². The highest BCUT2D eigenvalue weighted by atomic mass is 35.5. The van der Waals surface area contributed by atoms with Crippen molar-refractivity contribution in [1.29, 1.82) is 0 Å². The molecule has 33 heavy (non-hydrogen) atoms. The molecule has 2 unspecified atom stereocenters. The van der Waals surface area contributed by atoms with Crippen molar-refractivity contribution < 1.29 is 17.6 Å². The normalized spacial score (nSPS) is 21.5. The Bertz CT molecular complexity index is 1420. The van der Waals surface area contributed by atoms with Gasteiger partial charge in [0.25, 0.3) is 10.0 Å². The molecule has 172 valence electrons. The first-order valence-corrected chi connectivity index (χ1v) is 12.4. The van der Waals surface area contributed by atoms with Gasteiger partial charge in [0.05, 0.1) is 34.5 Å². The molecule has 1 fully saturated rings. The second kappa shape index (κ2) is 8.25. The molecular formula is C23H23ClN4O4S. The van der Waals surface area contributed by atoms with Gasteiger partial charge in [-0.05, 0) is 38.1 Å². The third kappa shape index (κ3) is 4.17. The molecular weight excluding hydrogens is 464 g/mol. The van der Waals surface area contributed by atoms with Crippen molar-refractivity contribution in [1.82, 2.24) is 19.5 Å². The Labute approximate surface area is 196 Å². The van der Waals surface area contributed by atoms with Crippen LogP contribution in [0.5, 0.6) is 0 Å². The molecule has 1 N–H and O–H groups in total. The van der Waals surface area contributed by atoms with Crippen molar-refractivity contribution in [3.05, 3.63) is 65.6 Å². The molecule has 4 aromatic rings. The zero-order chi connectivity index (χ0) is 23.2. The Balaban J connectivity index is 1.53. The fraction of sp³-hybridized carbons (Fsp3) is 0.304. The van der Waals surface area contributed by atoms with Crippen molar-refractivity contribution in [2.24, 2.45) is 0 Å². The molecule has 0 radical (unpaired) electrons. The number of hydrogen-bond acceptors (Lipinski definition) is 7. The van der Waals surface area contributed by atoms with Gasteiger partial charge < -0.3 is 14.5 Å². The smallest absolute Gasteiger partial charge is 0.283 e. The number of aromatic nitrogens is 3. The van der Waals surface area contributed by atoms with Gasteiger partial charge in [-0.15, -0.1) is 0 Å². The van der Waals surface area contributed by atoms with Crippen LogP contribution in [-0.4, -0.2) is 47.4 Å². The summed E-state index contributed by atoms with van der Waals surface area (Å²) in [5.41, 5.74) is 0.508. The van der Waals surface area contributed by atoms with Crippen molar-refractivity contribution >= 4 is 32.5 Å². The minimum absolute atomic E-state index is 0.107. The molecule has 8 nitrogen and oxygen atoms in total. The van der Waals surface area contributed by atoms with E-state index in [9.17, 15) is 8.42 Å². The first kappa shape index (κ1) is 22.1. The van der Waals surface area contributed by atoms with Crippen LogP contribution in [0.3, 0.4) is 0 Å². The molecule has 1 aliphatic heterocycles. The Kier molecular flexibility index (Phi) is 5.52. The molecule has 3 heterocycles. The van der Waals surface area contributed by atoms with Crippen LogP contribution >= 0.6 is 11.6 Å². The summed E-state index contributed by atoms with van der Waals surface area (Å²) in [6, 6.07) is 11.4. The Morgan fingerprint density at radius 3 is 2.79 bits per heavy atom. The molecule has 5 rings (SSSR count). The number of halogens is 1. The van der Waals surface area contributed by atoms with Crippen LogP contribution in [0.2, 0.25) is 5.02 Å². The van der Waals surface area contributed by atoms with Gasteiger partial charge in [0.1, 0.15) is 5.76 Å². The third-order valence-electron chi connectivity index (χ3n) is 5.64. The standard InChI is InChI=1S/C23H23ClN4O4S/c1-15-11-25-14-23(2,32-15)10-17-12-26-22(31-17)19-8-16(24)9-21-20(19)13-27-28(21)33(29,30)18-6-4-3-5-7-18/h3-9,12-13,15,25H,10-11,14H2,1-2H3. The van der Waals surface area contributed by atoms with Crippen LogP contribution < -0.4 is 5.32 Å². The lowest BCUT2D eigenvalue weighted by Gasteiger charge is -2.37. The predicted octanol–water partition coefficient (Wildman–Crippen LogP) is 3.89. The maximum absolute atomic E-state index is 13.2. The molecule has 0 amide bonds. The Morgan fingerprint density at radius 2 is 2.03 bits per heavy atom. The second-order valence-electron chi connectivity index (χ2n) is 8.51. The van der Waals surface area contributed by atoms with Crippen LogP contribution in [-0.2, 0) is 21.2 Å². The highest BCUT2D eigenvalue weighted by Crippen LogP contribution is 2.34. The summed E-state index contributed by atoms with van der Waals surface area (Å²) in [6.07, 6.45) is 3.81. The molecule has 1 aliphatic rings. The van der Waals surface area contributed by atoms with Gasteiger partial charge in [-0.3, -0.25) is 0 Å². The Morgan fingerprint density at radius 1 is 1.24 bits per heavy atom. The van der Waals surface area contributed by atoms with E-state index in [0.29, 0.717) is 46.1 Å². The molecule has 2 aromatic heterocycles. The number of rotatable bonds is 5. The van der Waals surface area contributed by atoms with E-state index in [1.54, 1.807) is 36.5 Å². The van der Waals surface area contributed by atoms with E-state index in [1.165, 1.54) is 18.3 Å². The second-order valence-corrected chi connectivity index (χ2v) is 10.7. The van der Waals surface area contributed by atoms with Crippen LogP contribution in [0.1, 0.15) is 19.6 Å². The lowest BCUT2D eigenvalue weighted by molar-refractivity contribution is -0.0985. The van der Waals surface area contributed by atoms with Crippen LogP contribution in [0.4, 0.5) is 0 Å². The van der Waals surface area contributed by atoms with Crippen LogP contribution in [0, 0.1) is 0 Å². The summed E-state index contributed by atoms with van der Waals surface area (Å²) in [4.78, 5) is 4.57. The average Bonchev–Trinajstić information content (AvgIpc) is 3.40. The number of ether oxygens (including phenoxy) is 1. The highest BCUT2D eigenvalue weighted by Gasteiger charge is 2.33. The van der Waals surface area contributed by atoms with Gasteiger partial charge in [0, 0.05) is 35.5 Å². The maximum Gasteiger partial charge on any atom is 0.283 e. The lowest BCUT2D eigenvalue weighted by atomic mass is 9.98. The number of benzene rings is 2. The molecule has 0 aliphatic carbocycles. The number of nitrogens with zero attached hydrogens (tertiary/aromatic N) is 3. The van der Waals surface area contributed by atoms with E-state index in [0.717, 1.165) is 10.6 Å². The number of nitrogens with one attached hydrogen (secondary N) is 1. The SMILES string of the molecule is CC1CNCC(C)(Cc2cnc(-c3cc(Cl)cc4c3cnn4S(=O)(=O)c3ccccc3)o2)O1. The van der Waals surface area contributed by atoms with Gasteiger partial charge in [0.15, 0.2) is 0 Å². The molecule has 1 saturated heterocycles.